The highest BCUT2D eigenvalue weighted by Crippen LogP contribution is 2.28. The van der Waals surface area contributed by atoms with Crippen molar-refractivity contribution in [3.63, 3.8) is 0 Å². The molecule has 0 aliphatic carbocycles. The number of hydrogen-bond donors (Lipinski definition) is 0. The molecule has 116 valence electrons. The Labute approximate surface area is 126 Å². The average molecular weight is 292 g/mol. The van der Waals surface area contributed by atoms with Gasteiger partial charge in [0.1, 0.15) is 5.75 Å². The van der Waals surface area contributed by atoms with Crippen molar-refractivity contribution in [2.45, 2.75) is 12.8 Å². The van der Waals surface area contributed by atoms with E-state index < -0.39 is 0 Å². The summed E-state index contributed by atoms with van der Waals surface area (Å²) in [7, 11) is 3.55. The summed E-state index contributed by atoms with van der Waals surface area (Å²) < 4.78 is 10.5. The molecule has 0 spiro atoms. The molecular formula is C16H24N2O3. The topological polar surface area (TPSA) is 42.0 Å². The van der Waals surface area contributed by atoms with Crippen LogP contribution < -0.4 is 9.64 Å². The largest absolute Gasteiger partial charge is 0.491 e. The Morgan fingerprint density at radius 3 is 2.62 bits per heavy atom. The SMILES string of the molecule is COC(=O)CCCOc1ccccc1N1CCN(C)CC1. The van der Waals surface area contributed by atoms with Crippen LogP contribution in [0.15, 0.2) is 24.3 Å². The third-order valence-electron chi connectivity index (χ3n) is 3.72. The van der Waals surface area contributed by atoms with Crippen LogP contribution in [0.5, 0.6) is 5.75 Å². The van der Waals surface area contributed by atoms with Crippen molar-refractivity contribution in [3.05, 3.63) is 24.3 Å². The molecule has 0 amide bonds. The molecule has 1 saturated heterocycles. The zero-order valence-corrected chi connectivity index (χ0v) is 12.9. The molecule has 1 fully saturated rings. The first kappa shape index (κ1) is 15.6. The van der Waals surface area contributed by atoms with Crippen molar-refractivity contribution in [1.82, 2.24) is 4.90 Å². The monoisotopic (exact) mass is 292 g/mol. The molecule has 0 radical (unpaired) electrons. The molecule has 0 saturated carbocycles. The van der Waals surface area contributed by atoms with Crippen LogP contribution in [0.25, 0.3) is 0 Å². The quantitative estimate of drug-likeness (QED) is 0.590. The number of anilines is 1. The van der Waals surface area contributed by atoms with Gasteiger partial charge in [-0.15, -0.1) is 0 Å². The van der Waals surface area contributed by atoms with Crippen molar-refractivity contribution in [2.75, 3.05) is 51.8 Å². The van der Waals surface area contributed by atoms with Crippen LogP contribution in [0.2, 0.25) is 0 Å². The van der Waals surface area contributed by atoms with E-state index in [4.69, 9.17) is 4.74 Å². The van der Waals surface area contributed by atoms with Crippen molar-refractivity contribution in [3.8, 4) is 5.75 Å². The van der Waals surface area contributed by atoms with Gasteiger partial charge in [0.15, 0.2) is 0 Å². The van der Waals surface area contributed by atoms with E-state index in [9.17, 15) is 4.79 Å². The smallest absolute Gasteiger partial charge is 0.305 e. The minimum absolute atomic E-state index is 0.189. The van der Waals surface area contributed by atoms with Crippen molar-refractivity contribution >= 4 is 11.7 Å². The van der Waals surface area contributed by atoms with E-state index in [1.165, 1.54) is 7.11 Å². The second-order valence-corrected chi connectivity index (χ2v) is 5.29. The number of nitrogens with zero attached hydrogens (tertiary/aromatic N) is 2. The molecule has 0 atom stereocenters. The average Bonchev–Trinajstić information content (AvgIpc) is 2.52. The van der Waals surface area contributed by atoms with Gasteiger partial charge in [-0.1, -0.05) is 12.1 Å². The number of piperazine rings is 1. The van der Waals surface area contributed by atoms with Gasteiger partial charge in [0, 0.05) is 32.6 Å². The van der Waals surface area contributed by atoms with Crippen molar-refractivity contribution in [2.24, 2.45) is 0 Å². The third kappa shape index (κ3) is 4.63. The van der Waals surface area contributed by atoms with Crippen LogP contribution in [0.3, 0.4) is 0 Å². The Balaban J connectivity index is 1.89. The summed E-state index contributed by atoms with van der Waals surface area (Å²) in [4.78, 5) is 15.8. The van der Waals surface area contributed by atoms with Crippen molar-refractivity contribution in [1.29, 1.82) is 0 Å². The van der Waals surface area contributed by atoms with Crippen LogP contribution in [-0.2, 0) is 9.53 Å². The van der Waals surface area contributed by atoms with Crippen molar-refractivity contribution < 1.29 is 14.3 Å². The number of carbonyl (C=O) groups is 1. The molecule has 5 nitrogen and oxygen atoms in total. The minimum atomic E-state index is -0.189. The summed E-state index contributed by atoms with van der Waals surface area (Å²) in [6, 6.07) is 8.11. The number of methoxy groups -OCH3 is 1. The maximum Gasteiger partial charge on any atom is 0.305 e. The molecule has 1 aliphatic heterocycles. The van der Waals surface area contributed by atoms with E-state index in [-0.39, 0.29) is 5.97 Å². The van der Waals surface area contributed by atoms with Gasteiger partial charge in [0.2, 0.25) is 0 Å². The Kier molecular flexibility index (Phi) is 5.87. The molecule has 0 unspecified atom stereocenters. The lowest BCUT2D eigenvalue weighted by molar-refractivity contribution is -0.140. The molecule has 1 heterocycles. The molecule has 2 rings (SSSR count). The Bertz CT molecular complexity index is 457. The molecule has 1 aromatic rings. The van der Waals surface area contributed by atoms with Gasteiger partial charge in [-0.2, -0.15) is 0 Å². The van der Waals surface area contributed by atoms with Crippen LogP contribution in [0.1, 0.15) is 12.8 Å². The lowest BCUT2D eigenvalue weighted by atomic mass is 10.2. The van der Waals surface area contributed by atoms with Gasteiger partial charge in [-0.3, -0.25) is 4.79 Å². The molecular weight excluding hydrogens is 268 g/mol. The lowest BCUT2D eigenvalue weighted by Gasteiger charge is -2.34. The van der Waals surface area contributed by atoms with E-state index in [1.807, 2.05) is 18.2 Å². The summed E-state index contributed by atoms with van der Waals surface area (Å²) in [6.07, 6.45) is 1.07. The predicted molar refractivity (Wildman–Crippen MR) is 82.9 cm³/mol. The maximum atomic E-state index is 11.1. The molecule has 1 aliphatic rings. The van der Waals surface area contributed by atoms with Crippen LogP contribution in [0.4, 0.5) is 5.69 Å². The standard InChI is InChI=1S/C16H24N2O3/c1-17-9-11-18(12-10-17)14-6-3-4-7-15(14)21-13-5-8-16(19)20-2/h3-4,6-7H,5,8-13H2,1-2H3. The van der Waals surface area contributed by atoms with Crippen LogP contribution in [0, 0.1) is 0 Å². The van der Waals surface area contributed by atoms with Gasteiger partial charge in [-0.05, 0) is 25.6 Å². The molecule has 0 N–H and O–H groups in total. The first-order valence-corrected chi connectivity index (χ1v) is 7.43. The number of esters is 1. The summed E-state index contributed by atoms with van der Waals surface area (Å²) >= 11 is 0. The summed E-state index contributed by atoms with van der Waals surface area (Å²) in [5, 5.41) is 0. The number of ether oxygens (including phenoxy) is 2. The third-order valence-corrected chi connectivity index (χ3v) is 3.72. The fraction of sp³-hybridized carbons (Fsp3) is 0.562. The molecule has 0 aromatic heterocycles. The second kappa shape index (κ2) is 7.88. The highest BCUT2D eigenvalue weighted by atomic mass is 16.5. The minimum Gasteiger partial charge on any atom is -0.491 e. The molecule has 5 heteroatoms. The van der Waals surface area contributed by atoms with Gasteiger partial charge >= 0.3 is 5.97 Å². The van der Waals surface area contributed by atoms with Crippen LogP contribution >= 0.6 is 0 Å². The Hall–Kier alpha value is -1.75. The second-order valence-electron chi connectivity index (χ2n) is 5.29. The first-order valence-electron chi connectivity index (χ1n) is 7.43. The van der Waals surface area contributed by atoms with E-state index in [2.05, 4.69) is 27.7 Å². The summed E-state index contributed by atoms with van der Waals surface area (Å²) in [5.41, 5.74) is 1.14. The number of hydrogen-bond acceptors (Lipinski definition) is 5. The number of benzene rings is 1. The maximum absolute atomic E-state index is 11.1. The molecule has 0 bridgehead atoms. The summed E-state index contributed by atoms with van der Waals surface area (Å²) in [6.45, 7) is 4.69. The zero-order chi connectivity index (χ0) is 15.1. The highest BCUT2D eigenvalue weighted by molar-refractivity contribution is 5.69. The predicted octanol–water partition coefficient (Wildman–Crippen LogP) is 1.77. The van der Waals surface area contributed by atoms with Crippen LogP contribution in [-0.4, -0.2) is 57.8 Å². The highest BCUT2D eigenvalue weighted by Gasteiger charge is 2.17. The van der Waals surface area contributed by atoms with Gasteiger partial charge < -0.3 is 19.3 Å². The number of para-hydroxylation sites is 2. The van der Waals surface area contributed by atoms with Gasteiger partial charge in [0.05, 0.1) is 19.4 Å². The normalized spacial score (nSPS) is 15.8. The molecule has 21 heavy (non-hydrogen) atoms. The Morgan fingerprint density at radius 1 is 1.19 bits per heavy atom. The fourth-order valence-electron chi connectivity index (χ4n) is 2.39. The van der Waals surface area contributed by atoms with E-state index >= 15 is 0 Å². The lowest BCUT2D eigenvalue weighted by Crippen LogP contribution is -2.44. The number of rotatable bonds is 6. The van der Waals surface area contributed by atoms with Gasteiger partial charge in [0.25, 0.3) is 0 Å². The zero-order valence-electron chi connectivity index (χ0n) is 12.9. The number of likely N-dealkylation sites (N-methyl/N-ethyl adjacent to an activating group) is 1. The van der Waals surface area contributed by atoms with Gasteiger partial charge in [-0.25, -0.2) is 0 Å². The number of carbonyl (C=O) groups excluding carboxylic acids is 1. The van der Waals surface area contributed by atoms with E-state index in [0.29, 0.717) is 19.4 Å². The first-order chi connectivity index (χ1) is 10.2. The van der Waals surface area contributed by atoms with E-state index in [1.54, 1.807) is 0 Å². The summed E-state index contributed by atoms with van der Waals surface area (Å²) in [5.74, 6) is 0.706. The van der Waals surface area contributed by atoms with E-state index in [0.717, 1.165) is 37.6 Å². The molecule has 1 aromatic carbocycles. The Morgan fingerprint density at radius 2 is 1.90 bits per heavy atom. The fourth-order valence-corrected chi connectivity index (χ4v) is 2.39.